The fraction of sp³-hybridized carbons (Fsp3) is 0.357. The minimum atomic E-state index is -0.726. The highest BCUT2D eigenvalue weighted by Crippen LogP contribution is 2.38. The fourth-order valence-corrected chi connectivity index (χ4v) is 2.72. The Morgan fingerprint density at radius 1 is 1.33 bits per heavy atom. The molecule has 0 saturated heterocycles. The lowest BCUT2D eigenvalue weighted by molar-refractivity contribution is -0.138. The van der Waals surface area contributed by atoms with Gasteiger partial charge in [0.25, 0.3) is 0 Å². The fourth-order valence-electron chi connectivity index (χ4n) is 2.72. The van der Waals surface area contributed by atoms with E-state index in [0.717, 1.165) is 16.7 Å². The van der Waals surface area contributed by atoms with E-state index >= 15 is 0 Å². The van der Waals surface area contributed by atoms with Gasteiger partial charge in [0.2, 0.25) is 0 Å². The summed E-state index contributed by atoms with van der Waals surface area (Å²) in [6.07, 6.45) is 2.56. The Balaban J connectivity index is 2.12. The van der Waals surface area contributed by atoms with Crippen molar-refractivity contribution in [1.82, 2.24) is 0 Å². The second-order valence-electron chi connectivity index (χ2n) is 4.63. The molecule has 0 spiro atoms. The Bertz CT molecular complexity index is 548. The molecule has 1 aliphatic heterocycles. The maximum absolute atomic E-state index is 13.7. The molecule has 2 aliphatic rings. The van der Waals surface area contributed by atoms with E-state index < -0.39 is 6.10 Å². The lowest BCUT2D eigenvalue weighted by Gasteiger charge is -2.17. The lowest BCUT2D eigenvalue weighted by atomic mass is 9.93. The molecular weight excluding hydrogens is 235 g/mol. The molecule has 4 heteroatoms. The van der Waals surface area contributed by atoms with Gasteiger partial charge >= 0.3 is 5.97 Å². The van der Waals surface area contributed by atoms with Crippen molar-refractivity contribution < 1.29 is 19.0 Å². The number of carbonyl (C=O) groups excluding carboxylic acids is 1. The molecule has 0 bridgehead atoms. The van der Waals surface area contributed by atoms with E-state index in [1.54, 1.807) is 6.07 Å². The molecule has 18 heavy (non-hydrogen) atoms. The van der Waals surface area contributed by atoms with Crippen LogP contribution in [-0.4, -0.2) is 17.7 Å². The van der Waals surface area contributed by atoms with Crippen molar-refractivity contribution >= 4 is 11.5 Å². The van der Waals surface area contributed by atoms with Gasteiger partial charge in [-0.1, -0.05) is 6.07 Å². The Morgan fingerprint density at radius 3 is 2.94 bits per heavy atom. The van der Waals surface area contributed by atoms with Crippen LogP contribution >= 0.6 is 0 Å². The molecule has 1 atom stereocenters. The largest absolute Gasteiger partial charge is 0.462 e. The summed E-state index contributed by atoms with van der Waals surface area (Å²) < 4.78 is 18.5. The zero-order valence-electron chi connectivity index (χ0n) is 9.78. The molecule has 0 amide bonds. The van der Waals surface area contributed by atoms with Crippen LogP contribution in [0.2, 0.25) is 0 Å². The predicted molar refractivity (Wildman–Crippen MR) is 63.2 cm³/mol. The van der Waals surface area contributed by atoms with E-state index in [1.807, 2.05) is 0 Å². The number of halogens is 1. The molecule has 1 aromatic rings. The zero-order valence-corrected chi connectivity index (χ0v) is 9.78. The summed E-state index contributed by atoms with van der Waals surface area (Å²) in [7, 11) is 0. The Labute approximate surface area is 104 Å². The molecule has 1 aromatic carbocycles. The van der Waals surface area contributed by atoms with Crippen LogP contribution in [0.5, 0.6) is 0 Å². The highest BCUT2D eigenvalue weighted by Gasteiger charge is 2.28. The van der Waals surface area contributed by atoms with Gasteiger partial charge in [-0.15, -0.1) is 0 Å². The smallest absolute Gasteiger partial charge is 0.331 e. The van der Waals surface area contributed by atoms with Gasteiger partial charge in [-0.3, -0.25) is 0 Å². The first-order chi connectivity index (χ1) is 8.66. The molecule has 1 aliphatic carbocycles. The van der Waals surface area contributed by atoms with E-state index in [9.17, 15) is 14.3 Å². The maximum atomic E-state index is 13.7. The Hall–Kier alpha value is -1.68. The van der Waals surface area contributed by atoms with Crippen LogP contribution in [-0.2, 0) is 16.0 Å². The lowest BCUT2D eigenvalue weighted by Crippen LogP contribution is -2.11. The summed E-state index contributed by atoms with van der Waals surface area (Å²) in [5.74, 6) is -0.717. The van der Waals surface area contributed by atoms with Gasteiger partial charge in [-0.2, -0.15) is 0 Å². The molecule has 94 valence electrons. The summed E-state index contributed by atoms with van der Waals surface area (Å²) in [6.45, 7) is 0.360. The standard InChI is InChI=1S/C14H13FO3/c15-11-3-1-9(8-5-6-18-13(17)7-8)10-2-4-12(16)14(10)11/h1,3,7,12,16H,2,4-6H2/t12-/m0/s1. The van der Waals surface area contributed by atoms with Crippen LogP contribution in [0, 0.1) is 5.82 Å². The van der Waals surface area contributed by atoms with Crippen molar-refractivity contribution in [3.63, 3.8) is 0 Å². The molecule has 0 saturated carbocycles. The SMILES string of the molecule is O=C1C=C(c2ccc(F)c3c2CC[C@@H]3O)CCO1. The Morgan fingerprint density at radius 2 is 2.17 bits per heavy atom. The van der Waals surface area contributed by atoms with Gasteiger partial charge in [0.15, 0.2) is 0 Å². The second-order valence-corrected chi connectivity index (χ2v) is 4.63. The number of esters is 1. The number of hydrogen-bond acceptors (Lipinski definition) is 3. The maximum Gasteiger partial charge on any atom is 0.331 e. The van der Waals surface area contributed by atoms with Crippen molar-refractivity contribution in [3.8, 4) is 0 Å². The van der Waals surface area contributed by atoms with Gasteiger partial charge in [0, 0.05) is 18.1 Å². The summed E-state index contributed by atoms with van der Waals surface area (Å²) in [6, 6.07) is 3.06. The van der Waals surface area contributed by atoms with Gasteiger partial charge in [0.05, 0.1) is 12.7 Å². The summed E-state index contributed by atoms with van der Waals surface area (Å²) in [4.78, 5) is 11.3. The third-order valence-electron chi connectivity index (χ3n) is 3.56. The minimum Gasteiger partial charge on any atom is -0.462 e. The van der Waals surface area contributed by atoms with Crippen molar-refractivity contribution in [1.29, 1.82) is 0 Å². The number of cyclic esters (lactones) is 1. The van der Waals surface area contributed by atoms with Gasteiger partial charge in [0.1, 0.15) is 5.82 Å². The normalized spacial score (nSPS) is 22.4. The number of carbonyl (C=O) groups is 1. The number of hydrogen-bond donors (Lipinski definition) is 1. The van der Waals surface area contributed by atoms with Gasteiger partial charge < -0.3 is 9.84 Å². The average Bonchev–Trinajstić information content (AvgIpc) is 2.73. The van der Waals surface area contributed by atoms with E-state index in [-0.39, 0.29) is 11.8 Å². The van der Waals surface area contributed by atoms with Crippen LogP contribution in [0.1, 0.15) is 35.6 Å². The van der Waals surface area contributed by atoms with Crippen molar-refractivity contribution in [2.75, 3.05) is 6.61 Å². The summed E-state index contributed by atoms with van der Waals surface area (Å²) in [5.41, 5.74) is 2.98. The number of benzene rings is 1. The molecular formula is C14H13FO3. The first-order valence-corrected chi connectivity index (χ1v) is 6.04. The van der Waals surface area contributed by atoms with Gasteiger partial charge in [-0.25, -0.2) is 9.18 Å². The van der Waals surface area contributed by atoms with Crippen molar-refractivity contribution in [2.45, 2.75) is 25.4 Å². The Kier molecular flexibility index (Phi) is 2.67. The first-order valence-electron chi connectivity index (χ1n) is 6.04. The highest BCUT2D eigenvalue weighted by atomic mass is 19.1. The summed E-state index contributed by atoms with van der Waals surface area (Å²) in [5, 5.41) is 9.79. The molecule has 0 unspecified atom stereocenters. The van der Waals surface area contributed by atoms with Crippen molar-refractivity contribution in [2.24, 2.45) is 0 Å². The van der Waals surface area contributed by atoms with Crippen molar-refractivity contribution in [3.05, 3.63) is 40.7 Å². The van der Waals surface area contributed by atoms with Crippen LogP contribution in [0.15, 0.2) is 18.2 Å². The minimum absolute atomic E-state index is 0.354. The van der Waals surface area contributed by atoms with Crippen LogP contribution in [0.25, 0.3) is 5.57 Å². The third kappa shape index (κ3) is 1.73. The van der Waals surface area contributed by atoms with E-state index in [1.165, 1.54) is 12.1 Å². The first kappa shape index (κ1) is 11.4. The monoisotopic (exact) mass is 248 g/mol. The van der Waals surface area contributed by atoms with E-state index in [2.05, 4.69) is 0 Å². The van der Waals surface area contributed by atoms with Crippen LogP contribution < -0.4 is 0 Å². The molecule has 3 nitrogen and oxygen atoms in total. The molecule has 0 radical (unpaired) electrons. The van der Waals surface area contributed by atoms with Crippen LogP contribution in [0.4, 0.5) is 4.39 Å². The number of fused-ring (bicyclic) bond motifs is 1. The second kappa shape index (κ2) is 4.21. The number of ether oxygens (including phenoxy) is 1. The highest BCUT2D eigenvalue weighted by molar-refractivity contribution is 5.93. The third-order valence-corrected chi connectivity index (χ3v) is 3.56. The zero-order chi connectivity index (χ0) is 12.7. The molecule has 3 rings (SSSR count). The number of aliphatic hydroxyl groups excluding tert-OH is 1. The molecule has 0 aromatic heterocycles. The predicted octanol–water partition coefficient (Wildman–Crippen LogP) is 2.14. The number of rotatable bonds is 1. The summed E-state index contributed by atoms with van der Waals surface area (Å²) >= 11 is 0. The quantitative estimate of drug-likeness (QED) is 0.774. The molecule has 0 fully saturated rings. The van der Waals surface area contributed by atoms with Gasteiger partial charge in [-0.05, 0) is 35.6 Å². The average molecular weight is 248 g/mol. The number of aliphatic hydroxyl groups is 1. The van der Waals surface area contributed by atoms with Crippen LogP contribution in [0.3, 0.4) is 0 Å². The van der Waals surface area contributed by atoms with E-state index in [0.29, 0.717) is 31.4 Å². The molecule has 1 heterocycles. The van der Waals surface area contributed by atoms with E-state index in [4.69, 9.17) is 4.74 Å². The molecule has 1 N–H and O–H groups in total. The topological polar surface area (TPSA) is 46.5 Å².